The molecule has 0 amide bonds. The summed E-state index contributed by atoms with van der Waals surface area (Å²) in [4.78, 5) is 4.14. The van der Waals surface area contributed by atoms with Crippen molar-refractivity contribution in [1.82, 2.24) is 14.8 Å². The molecule has 0 saturated heterocycles. The van der Waals surface area contributed by atoms with E-state index in [-0.39, 0.29) is 17.6 Å². The van der Waals surface area contributed by atoms with Gasteiger partial charge in [0, 0.05) is 13.0 Å². The molecule has 0 spiro atoms. The minimum absolute atomic E-state index is 0.0951. The summed E-state index contributed by atoms with van der Waals surface area (Å²) in [6.45, 7) is 3.83. The zero-order chi connectivity index (χ0) is 15.6. The molecule has 0 aliphatic carbocycles. The largest absolute Gasteiger partial charge is 0.251 e. The van der Waals surface area contributed by atoms with Gasteiger partial charge in [-0.1, -0.05) is 26.0 Å². The third kappa shape index (κ3) is 4.01. The molecule has 8 heteroatoms. The molecule has 1 N–H and O–H groups in total. The van der Waals surface area contributed by atoms with Crippen molar-refractivity contribution in [2.75, 3.05) is 4.72 Å². The van der Waals surface area contributed by atoms with Gasteiger partial charge in [0.05, 0.1) is 5.75 Å². The van der Waals surface area contributed by atoms with Crippen LogP contribution in [0.5, 0.6) is 0 Å². The molecule has 114 valence electrons. The highest BCUT2D eigenvalue weighted by Gasteiger charge is 2.17. The molecule has 6 nitrogen and oxygen atoms in total. The second-order valence-corrected chi connectivity index (χ2v) is 6.79. The quantitative estimate of drug-likeness (QED) is 0.916. The van der Waals surface area contributed by atoms with Gasteiger partial charge in [-0.3, -0.25) is 4.72 Å². The smallest absolute Gasteiger partial charge is 0.239 e. The van der Waals surface area contributed by atoms with Gasteiger partial charge < -0.3 is 0 Å². The van der Waals surface area contributed by atoms with Crippen LogP contribution < -0.4 is 4.72 Å². The first-order valence-corrected chi connectivity index (χ1v) is 8.08. The van der Waals surface area contributed by atoms with E-state index in [1.807, 2.05) is 13.8 Å². The number of sulfonamides is 1. The number of anilines is 1. The highest BCUT2D eigenvalue weighted by molar-refractivity contribution is 7.91. The van der Waals surface area contributed by atoms with E-state index in [2.05, 4.69) is 14.8 Å². The number of hydrogen-bond acceptors (Lipinski definition) is 4. The van der Waals surface area contributed by atoms with Crippen LogP contribution in [0.15, 0.2) is 24.3 Å². The number of hydrogen-bond donors (Lipinski definition) is 1. The van der Waals surface area contributed by atoms with Crippen LogP contribution in [0.2, 0.25) is 0 Å². The van der Waals surface area contributed by atoms with Crippen LogP contribution in [0.3, 0.4) is 0 Å². The van der Waals surface area contributed by atoms with Crippen molar-refractivity contribution >= 4 is 16.0 Å². The molecule has 0 bridgehead atoms. The van der Waals surface area contributed by atoms with Crippen LogP contribution in [0, 0.1) is 5.82 Å². The highest BCUT2D eigenvalue weighted by Crippen LogP contribution is 2.15. The summed E-state index contributed by atoms with van der Waals surface area (Å²) in [5.41, 5.74) is 0.369. The van der Waals surface area contributed by atoms with Crippen LogP contribution in [-0.2, 0) is 22.8 Å². The summed E-state index contributed by atoms with van der Waals surface area (Å²) in [5, 5.41) is 4.13. The predicted molar refractivity (Wildman–Crippen MR) is 77.7 cm³/mol. The van der Waals surface area contributed by atoms with Crippen molar-refractivity contribution in [1.29, 1.82) is 0 Å². The van der Waals surface area contributed by atoms with E-state index in [1.165, 1.54) is 22.9 Å². The summed E-state index contributed by atoms with van der Waals surface area (Å²) in [6.07, 6.45) is 0. The molecular formula is C13H17FN4O2S. The van der Waals surface area contributed by atoms with Crippen LogP contribution >= 0.6 is 0 Å². The average molecular weight is 312 g/mol. The number of nitrogens with zero attached hydrogens (tertiary/aromatic N) is 3. The Labute approximate surface area is 123 Å². The fourth-order valence-corrected chi connectivity index (χ4v) is 2.91. The van der Waals surface area contributed by atoms with Crippen LogP contribution in [0.1, 0.15) is 31.2 Å². The minimum atomic E-state index is -3.68. The van der Waals surface area contributed by atoms with Crippen molar-refractivity contribution in [3.05, 3.63) is 41.5 Å². The minimum Gasteiger partial charge on any atom is -0.251 e. The first-order chi connectivity index (χ1) is 9.77. The molecule has 1 aromatic carbocycles. The predicted octanol–water partition coefficient (Wildman–Crippen LogP) is 2.02. The molecule has 21 heavy (non-hydrogen) atoms. The third-order valence-corrected chi connectivity index (χ3v) is 4.00. The lowest BCUT2D eigenvalue weighted by atomic mass is 10.2. The molecular weight excluding hydrogens is 295 g/mol. The maximum absolute atomic E-state index is 13.1. The summed E-state index contributed by atoms with van der Waals surface area (Å²) in [5.74, 6) is 0.00596. The van der Waals surface area contributed by atoms with E-state index in [0.29, 0.717) is 11.4 Å². The molecule has 2 aromatic rings. The van der Waals surface area contributed by atoms with Gasteiger partial charge in [-0.15, -0.1) is 0 Å². The fraction of sp³-hybridized carbons (Fsp3) is 0.385. The first-order valence-electron chi connectivity index (χ1n) is 6.43. The van der Waals surface area contributed by atoms with Gasteiger partial charge in [-0.25, -0.2) is 17.5 Å². The average Bonchev–Trinajstić information content (AvgIpc) is 2.69. The zero-order valence-electron chi connectivity index (χ0n) is 12.0. The molecule has 0 atom stereocenters. The Hall–Kier alpha value is -1.96. The second-order valence-electron chi connectivity index (χ2n) is 5.06. The molecule has 0 radical (unpaired) electrons. The molecule has 0 saturated carbocycles. The van der Waals surface area contributed by atoms with E-state index in [1.54, 1.807) is 13.1 Å². The lowest BCUT2D eigenvalue weighted by Crippen LogP contribution is -2.18. The van der Waals surface area contributed by atoms with Crippen LogP contribution in [-0.4, -0.2) is 23.2 Å². The van der Waals surface area contributed by atoms with Crippen LogP contribution in [0.25, 0.3) is 0 Å². The normalized spacial score (nSPS) is 11.9. The van der Waals surface area contributed by atoms with Gasteiger partial charge >= 0.3 is 0 Å². The van der Waals surface area contributed by atoms with Gasteiger partial charge in [-0.05, 0) is 17.7 Å². The molecule has 0 fully saturated rings. The molecule has 2 rings (SSSR count). The lowest BCUT2D eigenvalue weighted by molar-refractivity contribution is 0.598. The standard InChI is InChI=1S/C13H17FN4O2S/c1-9(2)12-15-13(18(3)16-12)17-21(19,20)8-10-5-4-6-11(14)7-10/h4-7,9H,8H2,1-3H3,(H,15,16,17). The molecule has 1 aromatic heterocycles. The Morgan fingerprint density at radius 2 is 2.10 bits per heavy atom. The van der Waals surface area contributed by atoms with Crippen molar-refractivity contribution in [2.45, 2.75) is 25.5 Å². The molecule has 0 aliphatic rings. The van der Waals surface area contributed by atoms with Gasteiger partial charge in [0.2, 0.25) is 16.0 Å². The summed E-state index contributed by atoms with van der Waals surface area (Å²) in [7, 11) is -2.07. The number of benzene rings is 1. The summed E-state index contributed by atoms with van der Waals surface area (Å²) < 4.78 is 41.0. The highest BCUT2D eigenvalue weighted by atomic mass is 32.2. The Morgan fingerprint density at radius 3 is 2.67 bits per heavy atom. The molecule has 1 heterocycles. The number of nitrogens with one attached hydrogen (secondary N) is 1. The number of aromatic nitrogens is 3. The fourth-order valence-electron chi connectivity index (χ4n) is 1.76. The van der Waals surface area contributed by atoms with E-state index in [9.17, 15) is 12.8 Å². The van der Waals surface area contributed by atoms with Crippen molar-refractivity contribution in [2.24, 2.45) is 7.05 Å². The monoisotopic (exact) mass is 312 g/mol. The summed E-state index contributed by atoms with van der Waals surface area (Å²) in [6, 6.07) is 5.48. The van der Waals surface area contributed by atoms with Gasteiger partial charge in [0.15, 0.2) is 5.82 Å². The van der Waals surface area contributed by atoms with Crippen molar-refractivity contribution in [3.8, 4) is 0 Å². The van der Waals surface area contributed by atoms with Crippen molar-refractivity contribution in [3.63, 3.8) is 0 Å². The Balaban J connectivity index is 2.18. The van der Waals surface area contributed by atoms with E-state index < -0.39 is 15.8 Å². The van der Waals surface area contributed by atoms with Gasteiger partial charge in [0.25, 0.3) is 0 Å². The number of rotatable bonds is 5. The van der Waals surface area contributed by atoms with Crippen LogP contribution in [0.4, 0.5) is 10.3 Å². The maximum Gasteiger partial charge on any atom is 0.239 e. The Bertz CT molecular complexity index is 740. The topological polar surface area (TPSA) is 76.9 Å². The van der Waals surface area contributed by atoms with Gasteiger partial charge in [-0.2, -0.15) is 10.1 Å². The maximum atomic E-state index is 13.1. The SMILES string of the molecule is CC(C)c1nc(NS(=O)(=O)Cc2cccc(F)c2)n(C)n1. The molecule has 0 unspecified atom stereocenters. The van der Waals surface area contributed by atoms with Gasteiger partial charge in [0.1, 0.15) is 5.82 Å². The third-order valence-electron chi connectivity index (χ3n) is 2.79. The Morgan fingerprint density at radius 1 is 1.38 bits per heavy atom. The first kappa shape index (κ1) is 15.4. The number of halogens is 1. The number of aryl methyl sites for hydroxylation is 1. The van der Waals surface area contributed by atoms with E-state index in [0.717, 1.165) is 0 Å². The second kappa shape index (κ2) is 5.80. The van der Waals surface area contributed by atoms with E-state index in [4.69, 9.17) is 0 Å². The Kier molecular flexibility index (Phi) is 4.26. The zero-order valence-corrected chi connectivity index (χ0v) is 12.9. The molecule has 0 aliphatic heterocycles. The van der Waals surface area contributed by atoms with E-state index >= 15 is 0 Å². The summed E-state index contributed by atoms with van der Waals surface area (Å²) >= 11 is 0. The lowest BCUT2D eigenvalue weighted by Gasteiger charge is -2.06. The van der Waals surface area contributed by atoms with Crippen molar-refractivity contribution < 1.29 is 12.8 Å².